The van der Waals surface area contributed by atoms with Gasteiger partial charge in [0.15, 0.2) is 6.04 Å². The van der Waals surface area contributed by atoms with Gasteiger partial charge < -0.3 is 10.1 Å². The Hall–Kier alpha value is -2.66. The monoisotopic (exact) mass is 339 g/mol. The van der Waals surface area contributed by atoms with Crippen LogP contribution in [0.2, 0.25) is 0 Å². The zero-order chi connectivity index (χ0) is 17.6. The molecule has 2 N–H and O–H groups in total. The molecule has 5 nitrogen and oxygen atoms in total. The van der Waals surface area contributed by atoms with Crippen LogP contribution < -0.4 is 15.0 Å². The molecule has 2 aromatic carbocycles. The van der Waals surface area contributed by atoms with E-state index < -0.39 is 0 Å². The third kappa shape index (κ3) is 4.06. The molecule has 1 aliphatic rings. The van der Waals surface area contributed by atoms with Gasteiger partial charge in [-0.15, -0.1) is 0 Å². The van der Waals surface area contributed by atoms with Crippen molar-refractivity contribution in [2.24, 2.45) is 0 Å². The first kappa shape index (κ1) is 17.2. The number of nitrogens with zero attached hydrogens (tertiary/aromatic N) is 1. The van der Waals surface area contributed by atoms with E-state index in [0.717, 1.165) is 19.4 Å². The number of aryl methyl sites for hydroxylation is 1. The standard InChI is InChI=1S/C20H22N2O3/c1-25-17-11-9-16(10-12-17)22-19(23)14-18(20(22)24)21-13-5-8-15-6-3-2-4-7-15/h2-4,6-7,9-12,18,21H,5,8,13-14H2,1H3/p+1/t18-/m1/s1. The van der Waals surface area contributed by atoms with Crippen molar-refractivity contribution in [3.8, 4) is 5.75 Å². The average molecular weight is 339 g/mol. The first-order valence-electron chi connectivity index (χ1n) is 8.57. The van der Waals surface area contributed by atoms with Gasteiger partial charge in [0, 0.05) is 6.42 Å². The van der Waals surface area contributed by atoms with Crippen LogP contribution in [0, 0.1) is 0 Å². The summed E-state index contributed by atoms with van der Waals surface area (Å²) < 4.78 is 5.11. The van der Waals surface area contributed by atoms with E-state index >= 15 is 0 Å². The van der Waals surface area contributed by atoms with Gasteiger partial charge in [-0.3, -0.25) is 9.59 Å². The van der Waals surface area contributed by atoms with Crippen LogP contribution in [0.25, 0.3) is 0 Å². The Morgan fingerprint density at radius 3 is 2.48 bits per heavy atom. The van der Waals surface area contributed by atoms with Crippen molar-refractivity contribution >= 4 is 17.5 Å². The molecule has 3 rings (SSSR count). The fourth-order valence-electron chi connectivity index (χ4n) is 3.11. The van der Waals surface area contributed by atoms with E-state index in [-0.39, 0.29) is 24.3 Å². The number of quaternary nitrogens is 1. The van der Waals surface area contributed by atoms with Gasteiger partial charge >= 0.3 is 0 Å². The first-order chi connectivity index (χ1) is 12.2. The summed E-state index contributed by atoms with van der Waals surface area (Å²) in [5.41, 5.74) is 1.90. The largest absolute Gasteiger partial charge is 0.497 e. The van der Waals surface area contributed by atoms with E-state index in [2.05, 4.69) is 12.1 Å². The molecule has 1 aliphatic heterocycles. The SMILES string of the molecule is COc1ccc(N2C(=O)C[C@@H]([NH2+]CCCc3ccccc3)C2=O)cc1. The van der Waals surface area contributed by atoms with Crippen molar-refractivity contribution in [1.82, 2.24) is 0 Å². The predicted molar refractivity (Wildman–Crippen MR) is 95.4 cm³/mol. The fraction of sp³-hybridized carbons (Fsp3) is 0.300. The number of anilines is 1. The van der Waals surface area contributed by atoms with Crippen molar-refractivity contribution in [2.75, 3.05) is 18.6 Å². The molecule has 0 unspecified atom stereocenters. The molecule has 0 aliphatic carbocycles. The van der Waals surface area contributed by atoms with Gasteiger partial charge in [0.05, 0.1) is 25.8 Å². The minimum absolute atomic E-state index is 0.130. The topological polar surface area (TPSA) is 63.2 Å². The average Bonchev–Trinajstić information content (AvgIpc) is 2.93. The highest BCUT2D eigenvalue weighted by molar-refractivity contribution is 6.21. The van der Waals surface area contributed by atoms with Crippen molar-refractivity contribution in [1.29, 1.82) is 0 Å². The zero-order valence-corrected chi connectivity index (χ0v) is 14.4. The lowest BCUT2D eigenvalue weighted by Crippen LogP contribution is -2.91. The molecule has 1 atom stereocenters. The molecule has 0 aromatic heterocycles. The van der Waals surface area contributed by atoms with E-state index in [0.29, 0.717) is 11.4 Å². The van der Waals surface area contributed by atoms with Gasteiger partial charge in [-0.2, -0.15) is 0 Å². The second kappa shape index (κ2) is 7.94. The number of imide groups is 1. The number of carbonyl (C=O) groups excluding carboxylic acids is 2. The van der Waals surface area contributed by atoms with Crippen LogP contribution in [0.4, 0.5) is 5.69 Å². The van der Waals surface area contributed by atoms with E-state index in [1.807, 2.05) is 23.5 Å². The lowest BCUT2D eigenvalue weighted by molar-refractivity contribution is -0.674. The zero-order valence-electron chi connectivity index (χ0n) is 14.4. The van der Waals surface area contributed by atoms with Crippen molar-refractivity contribution < 1.29 is 19.6 Å². The highest BCUT2D eigenvalue weighted by Crippen LogP contribution is 2.24. The van der Waals surface area contributed by atoms with Gasteiger partial charge in [-0.25, -0.2) is 4.90 Å². The Balaban J connectivity index is 1.53. The predicted octanol–water partition coefficient (Wildman–Crippen LogP) is 1.52. The van der Waals surface area contributed by atoms with E-state index in [4.69, 9.17) is 4.74 Å². The minimum atomic E-state index is -0.314. The van der Waals surface area contributed by atoms with E-state index in [9.17, 15) is 9.59 Å². The molecule has 5 heteroatoms. The molecular weight excluding hydrogens is 316 g/mol. The molecule has 0 bridgehead atoms. The number of benzene rings is 2. The van der Waals surface area contributed by atoms with Crippen LogP contribution in [0.3, 0.4) is 0 Å². The van der Waals surface area contributed by atoms with E-state index in [1.54, 1.807) is 31.4 Å². The lowest BCUT2D eigenvalue weighted by Gasteiger charge is -2.14. The summed E-state index contributed by atoms with van der Waals surface area (Å²) in [6.07, 6.45) is 2.22. The Morgan fingerprint density at radius 1 is 1.08 bits per heavy atom. The normalized spacial score (nSPS) is 17.2. The molecule has 130 valence electrons. The molecular formula is C20H23N2O3+. The second-order valence-electron chi connectivity index (χ2n) is 6.19. The summed E-state index contributed by atoms with van der Waals surface area (Å²) in [6.45, 7) is 0.828. The van der Waals surface area contributed by atoms with Crippen molar-refractivity contribution in [2.45, 2.75) is 25.3 Å². The van der Waals surface area contributed by atoms with Gasteiger partial charge in [-0.1, -0.05) is 30.3 Å². The Labute approximate surface area is 147 Å². The molecule has 1 fully saturated rings. The molecule has 1 saturated heterocycles. The van der Waals surface area contributed by atoms with Crippen LogP contribution >= 0.6 is 0 Å². The molecule has 0 saturated carbocycles. The van der Waals surface area contributed by atoms with Crippen molar-refractivity contribution in [3.63, 3.8) is 0 Å². The summed E-state index contributed by atoms with van der Waals surface area (Å²) in [4.78, 5) is 26.1. The number of hydrogen-bond donors (Lipinski definition) is 1. The summed E-state index contributed by atoms with van der Waals surface area (Å²) in [7, 11) is 1.58. The summed E-state index contributed by atoms with van der Waals surface area (Å²) in [5, 5.41) is 1.99. The lowest BCUT2D eigenvalue weighted by atomic mass is 10.1. The highest BCUT2D eigenvalue weighted by atomic mass is 16.5. The number of rotatable bonds is 7. The minimum Gasteiger partial charge on any atom is -0.497 e. The molecule has 25 heavy (non-hydrogen) atoms. The summed E-state index contributed by atoms with van der Waals surface area (Å²) in [5.74, 6) is 0.432. The fourth-order valence-corrected chi connectivity index (χ4v) is 3.11. The second-order valence-corrected chi connectivity index (χ2v) is 6.19. The Kier molecular flexibility index (Phi) is 5.46. The first-order valence-corrected chi connectivity index (χ1v) is 8.57. The van der Waals surface area contributed by atoms with Crippen LogP contribution in [-0.4, -0.2) is 31.5 Å². The van der Waals surface area contributed by atoms with Crippen molar-refractivity contribution in [3.05, 3.63) is 60.2 Å². The number of amides is 2. The number of carbonyl (C=O) groups is 2. The molecule has 0 radical (unpaired) electrons. The number of hydrogen-bond acceptors (Lipinski definition) is 3. The highest BCUT2D eigenvalue weighted by Gasteiger charge is 2.41. The molecule has 2 aromatic rings. The third-order valence-electron chi connectivity index (χ3n) is 4.48. The maximum atomic E-state index is 12.6. The smallest absolute Gasteiger partial charge is 0.292 e. The Morgan fingerprint density at radius 2 is 1.80 bits per heavy atom. The van der Waals surface area contributed by atoms with Crippen LogP contribution in [-0.2, 0) is 16.0 Å². The third-order valence-corrected chi connectivity index (χ3v) is 4.48. The molecule has 2 amide bonds. The Bertz CT molecular complexity index is 728. The van der Waals surface area contributed by atoms with Crippen LogP contribution in [0.5, 0.6) is 5.75 Å². The van der Waals surface area contributed by atoms with Crippen LogP contribution in [0.15, 0.2) is 54.6 Å². The summed E-state index contributed by atoms with van der Waals surface area (Å²) >= 11 is 0. The van der Waals surface area contributed by atoms with Gasteiger partial charge in [0.2, 0.25) is 5.91 Å². The number of nitrogens with two attached hydrogens (primary N) is 1. The van der Waals surface area contributed by atoms with Crippen LogP contribution in [0.1, 0.15) is 18.4 Å². The van der Waals surface area contributed by atoms with Gasteiger partial charge in [0.25, 0.3) is 5.91 Å². The van der Waals surface area contributed by atoms with Gasteiger partial charge in [-0.05, 0) is 36.2 Å². The van der Waals surface area contributed by atoms with Gasteiger partial charge in [0.1, 0.15) is 5.75 Å². The molecule has 0 spiro atoms. The maximum Gasteiger partial charge on any atom is 0.292 e. The van der Waals surface area contributed by atoms with E-state index in [1.165, 1.54) is 10.5 Å². The number of methoxy groups -OCH3 is 1. The summed E-state index contributed by atoms with van der Waals surface area (Å²) in [6, 6.07) is 17.0. The quantitative estimate of drug-likeness (QED) is 0.614. The molecule has 1 heterocycles. The number of ether oxygens (including phenoxy) is 1. The maximum absolute atomic E-state index is 12.6.